The Balaban J connectivity index is 1.71. The second kappa shape index (κ2) is 7.34. The van der Waals surface area contributed by atoms with E-state index in [4.69, 9.17) is 0 Å². The zero-order chi connectivity index (χ0) is 17.8. The molecule has 0 aromatic heterocycles. The molecule has 0 radical (unpaired) electrons. The second-order valence-electron chi connectivity index (χ2n) is 6.05. The van der Waals surface area contributed by atoms with E-state index in [0.717, 1.165) is 25.9 Å². The summed E-state index contributed by atoms with van der Waals surface area (Å²) in [6, 6.07) is 11.0. The molecule has 3 rings (SSSR count). The molecule has 1 fully saturated rings. The number of carbonyl (C=O) groups excluding carboxylic acids is 1. The number of hydrazone groups is 1. The van der Waals surface area contributed by atoms with Gasteiger partial charge in [-0.15, -0.1) is 0 Å². The molecule has 0 atom stereocenters. The molecule has 25 heavy (non-hydrogen) atoms. The van der Waals surface area contributed by atoms with Gasteiger partial charge >= 0.3 is 0 Å². The van der Waals surface area contributed by atoms with Gasteiger partial charge in [-0.05, 0) is 50.1 Å². The number of halogens is 1. The fourth-order valence-corrected chi connectivity index (χ4v) is 2.86. The van der Waals surface area contributed by atoms with Gasteiger partial charge < -0.3 is 10.0 Å². The summed E-state index contributed by atoms with van der Waals surface area (Å²) in [7, 11) is 0. The van der Waals surface area contributed by atoms with Crippen LogP contribution in [0.5, 0.6) is 5.75 Å². The first-order valence-electron chi connectivity index (χ1n) is 8.23. The monoisotopic (exact) mass is 341 g/mol. The van der Waals surface area contributed by atoms with Crippen LogP contribution >= 0.6 is 0 Å². The smallest absolute Gasteiger partial charge is 0.271 e. The molecule has 0 bridgehead atoms. The maximum absolute atomic E-state index is 14.4. The normalized spacial score (nSPS) is 14.6. The zero-order valence-electron chi connectivity index (χ0n) is 14.0. The molecule has 2 N–H and O–H groups in total. The third-order valence-corrected chi connectivity index (χ3v) is 4.25. The van der Waals surface area contributed by atoms with Crippen LogP contribution in [-0.2, 0) is 0 Å². The van der Waals surface area contributed by atoms with E-state index in [-0.39, 0.29) is 11.6 Å². The van der Waals surface area contributed by atoms with Crippen LogP contribution in [0.2, 0.25) is 0 Å². The molecule has 1 aliphatic rings. The highest BCUT2D eigenvalue weighted by molar-refractivity contribution is 6.01. The van der Waals surface area contributed by atoms with E-state index in [9.17, 15) is 14.3 Å². The molecule has 0 saturated carbocycles. The van der Waals surface area contributed by atoms with Crippen molar-refractivity contribution in [2.45, 2.75) is 19.8 Å². The van der Waals surface area contributed by atoms with Gasteiger partial charge in [0.05, 0.1) is 11.4 Å². The third-order valence-electron chi connectivity index (χ3n) is 4.25. The van der Waals surface area contributed by atoms with Crippen LogP contribution < -0.4 is 10.3 Å². The standard InChI is InChI=1S/C19H20FN3O2/c1-13(21-22-19(25)15-5-4-6-16(24)11-15)14-7-8-18(17(20)12-14)23-9-2-3-10-23/h4-8,11-12,24H,2-3,9-10H2,1H3,(H,22,25)/b21-13-. The van der Waals surface area contributed by atoms with Crippen LogP contribution in [0.1, 0.15) is 35.7 Å². The number of nitrogens with zero attached hydrogens (tertiary/aromatic N) is 2. The Kier molecular flexibility index (Phi) is 4.97. The molecule has 1 saturated heterocycles. The van der Waals surface area contributed by atoms with E-state index >= 15 is 0 Å². The van der Waals surface area contributed by atoms with Crippen LogP contribution in [0.4, 0.5) is 10.1 Å². The summed E-state index contributed by atoms with van der Waals surface area (Å²) < 4.78 is 14.4. The average molecular weight is 341 g/mol. The molecule has 130 valence electrons. The molecule has 2 aromatic rings. The summed E-state index contributed by atoms with van der Waals surface area (Å²) in [5.74, 6) is -0.717. The molecule has 1 amide bonds. The van der Waals surface area contributed by atoms with Crippen molar-refractivity contribution in [3.8, 4) is 5.75 Å². The van der Waals surface area contributed by atoms with Gasteiger partial charge in [0, 0.05) is 24.2 Å². The third kappa shape index (κ3) is 3.96. The van der Waals surface area contributed by atoms with E-state index in [1.165, 1.54) is 18.2 Å². The number of aromatic hydroxyl groups is 1. The maximum atomic E-state index is 14.4. The summed E-state index contributed by atoms with van der Waals surface area (Å²) in [4.78, 5) is 14.1. The summed E-state index contributed by atoms with van der Waals surface area (Å²) in [5.41, 5.74) is 4.43. The lowest BCUT2D eigenvalue weighted by Gasteiger charge is -2.18. The Morgan fingerprint density at radius 1 is 1.16 bits per heavy atom. The Hall–Kier alpha value is -2.89. The lowest BCUT2D eigenvalue weighted by molar-refractivity contribution is 0.0954. The molecular weight excluding hydrogens is 321 g/mol. The molecule has 5 nitrogen and oxygen atoms in total. The van der Waals surface area contributed by atoms with Gasteiger partial charge in [-0.3, -0.25) is 4.79 Å². The van der Waals surface area contributed by atoms with Crippen molar-refractivity contribution < 1.29 is 14.3 Å². The first-order chi connectivity index (χ1) is 12.0. The van der Waals surface area contributed by atoms with Gasteiger partial charge in [0.1, 0.15) is 11.6 Å². The Morgan fingerprint density at radius 3 is 2.60 bits per heavy atom. The Morgan fingerprint density at radius 2 is 1.92 bits per heavy atom. The topological polar surface area (TPSA) is 64.9 Å². The van der Waals surface area contributed by atoms with E-state index in [0.29, 0.717) is 22.5 Å². The predicted octanol–water partition coefficient (Wildman–Crippen LogP) is 3.29. The molecule has 0 unspecified atom stereocenters. The van der Waals surface area contributed by atoms with Crippen LogP contribution in [0.3, 0.4) is 0 Å². The first kappa shape index (κ1) is 17.0. The minimum atomic E-state index is -0.440. The first-order valence-corrected chi connectivity index (χ1v) is 8.23. The fraction of sp³-hybridized carbons (Fsp3) is 0.263. The fourth-order valence-electron chi connectivity index (χ4n) is 2.86. The number of anilines is 1. The number of rotatable bonds is 4. The van der Waals surface area contributed by atoms with E-state index in [1.807, 2.05) is 4.90 Å². The highest BCUT2D eigenvalue weighted by Crippen LogP contribution is 2.24. The number of carbonyl (C=O) groups is 1. The van der Waals surface area contributed by atoms with Crippen molar-refractivity contribution in [1.29, 1.82) is 0 Å². The van der Waals surface area contributed by atoms with E-state index < -0.39 is 5.91 Å². The van der Waals surface area contributed by atoms with Crippen molar-refractivity contribution >= 4 is 17.3 Å². The molecule has 0 spiro atoms. The van der Waals surface area contributed by atoms with Crippen molar-refractivity contribution in [3.63, 3.8) is 0 Å². The van der Waals surface area contributed by atoms with Gasteiger partial charge in [-0.1, -0.05) is 12.1 Å². The predicted molar refractivity (Wildman–Crippen MR) is 95.6 cm³/mol. The average Bonchev–Trinajstić information content (AvgIpc) is 3.13. The number of hydrogen-bond acceptors (Lipinski definition) is 4. The zero-order valence-corrected chi connectivity index (χ0v) is 14.0. The van der Waals surface area contributed by atoms with Crippen LogP contribution in [0, 0.1) is 5.82 Å². The molecule has 2 aromatic carbocycles. The minimum Gasteiger partial charge on any atom is -0.508 e. The van der Waals surface area contributed by atoms with Crippen molar-refractivity contribution in [3.05, 3.63) is 59.4 Å². The summed E-state index contributed by atoms with van der Waals surface area (Å²) >= 11 is 0. The van der Waals surface area contributed by atoms with E-state index in [2.05, 4.69) is 10.5 Å². The Bertz CT molecular complexity index is 814. The van der Waals surface area contributed by atoms with Crippen LogP contribution in [0.25, 0.3) is 0 Å². The summed E-state index contributed by atoms with van der Waals surface area (Å²) in [6.45, 7) is 3.46. The lowest BCUT2D eigenvalue weighted by Crippen LogP contribution is -2.20. The van der Waals surface area contributed by atoms with E-state index in [1.54, 1.807) is 31.2 Å². The lowest BCUT2D eigenvalue weighted by atomic mass is 10.1. The summed E-state index contributed by atoms with van der Waals surface area (Å²) in [6.07, 6.45) is 2.17. The molecule has 1 heterocycles. The van der Waals surface area contributed by atoms with Crippen LogP contribution in [-0.4, -0.2) is 29.8 Å². The van der Waals surface area contributed by atoms with Gasteiger partial charge in [-0.25, -0.2) is 9.82 Å². The second-order valence-corrected chi connectivity index (χ2v) is 6.05. The minimum absolute atomic E-state index is 0.00734. The number of amides is 1. The number of nitrogens with one attached hydrogen (secondary N) is 1. The molecular formula is C19H20FN3O2. The largest absolute Gasteiger partial charge is 0.508 e. The quantitative estimate of drug-likeness (QED) is 0.662. The Labute approximate surface area is 145 Å². The summed E-state index contributed by atoms with van der Waals surface area (Å²) in [5, 5.41) is 13.4. The highest BCUT2D eigenvalue weighted by atomic mass is 19.1. The maximum Gasteiger partial charge on any atom is 0.271 e. The number of phenols is 1. The number of phenolic OH excluding ortho intramolecular Hbond substituents is 1. The van der Waals surface area contributed by atoms with Crippen LogP contribution in [0.15, 0.2) is 47.6 Å². The SMILES string of the molecule is C/C(=N/NC(=O)c1cccc(O)c1)c1ccc(N2CCCC2)c(F)c1. The van der Waals surface area contributed by atoms with Gasteiger partial charge in [-0.2, -0.15) is 5.10 Å². The number of hydrogen-bond donors (Lipinski definition) is 2. The highest BCUT2D eigenvalue weighted by Gasteiger charge is 2.16. The number of benzene rings is 2. The van der Waals surface area contributed by atoms with Gasteiger partial charge in [0.15, 0.2) is 0 Å². The van der Waals surface area contributed by atoms with Crippen molar-refractivity contribution in [1.82, 2.24) is 5.43 Å². The molecule has 1 aliphatic heterocycles. The molecule has 0 aliphatic carbocycles. The van der Waals surface area contributed by atoms with Gasteiger partial charge in [0.25, 0.3) is 5.91 Å². The van der Waals surface area contributed by atoms with Gasteiger partial charge in [0.2, 0.25) is 0 Å². The molecule has 6 heteroatoms. The van der Waals surface area contributed by atoms with Crippen molar-refractivity contribution in [2.24, 2.45) is 5.10 Å². The van der Waals surface area contributed by atoms with Crippen molar-refractivity contribution in [2.75, 3.05) is 18.0 Å².